The molecule has 2 heterocycles. The molecule has 1 aromatic carbocycles. The summed E-state index contributed by atoms with van der Waals surface area (Å²) in [6.45, 7) is 7.36. The number of carbonyl (C=O) groups excluding carboxylic acids is 1. The average molecular weight is 442 g/mol. The highest BCUT2D eigenvalue weighted by molar-refractivity contribution is 5.91. The lowest BCUT2D eigenvalue weighted by atomic mass is 10.1. The predicted octanol–water partition coefficient (Wildman–Crippen LogP) is 3.11. The zero-order valence-corrected chi connectivity index (χ0v) is 18.2. The van der Waals surface area contributed by atoms with Gasteiger partial charge in [-0.15, -0.1) is 0 Å². The molecule has 2 aromatic heterocycles. The van der Waals surface area contributed by atoms with Gasteiger partial charge in [-0.25, -0.2) is 0 Å². The monoisotopic (exact) mass is 442 g/mol. The lowest BCUT2D eigenvalue weighted by molar-refractivity contribution is -0.385. The van der Waals surface area contributed by atoms with E-state index in [1.54, 1.807) is 24.0 Å². The molecule has 32 heavy (non-hydrogen) atoms. The number of hydrogen-bond donors (Lipinski definition) is 1. The summed E-state index contributed by atoms with van der Waals surface area (Å²) in [7, 11) is 0. The van der Waals surface area contributed by atoms with Crippen LogP contribution >= 0.6 is 0 Å². The van der Waals surface area contributed by atoms with Crippen molar-refractivity contribution in [1.82, 2.24) is 19.6 Å². The average Bonchev–Trinajstić information content (AvgIpc) is 3.40. The lowest BCUT2D eigenvalue weighted by Crippen LogP contribution is -2.24. The summed E-state index contributed by atoms with van der Waals surface area (Å²) >= 11 is 0. The first-order valence-electron chi connectivity index (χ1n) is 10.3. The Hall–Kier alpha value is -3.89. The van der Waals surface area contributed by atoms with Gasteiger partial charge in [0, 0.05) is 6.20 Å². The van der Waals surface area contributed by atoms with Crippen LogP contribution in [0.25, 0.3) is 0 Å². The van der Waals surface area contributed by atoms with Crippen molar-refractivity contribution in [1.29, 1.82) is 0 Å². The van der Waals surface area contributed by atoms with Gasteiger partial charge in [-0.1, -0.05) is 13.0 Å². The highest BCUT2D eigenvalue weighted by Gasteiger charge is 2.17. The number of nitro groups is 1. The number of hydrogen-bond acceptors (Lipinski definition) is 7. The lowest BCUT2D eigenvalue weighted by Gasteiger charge is -2.12. The van der Waals surface area contributed by atoms with Gasteiger partial charge in [0.05, 0.1) is 49.0 Å². The molecule has 0 aliphatic heterocycles. The number of nitrogens with one attached hydrogen (secondary N) is 1. The zero-order valence-electron chi connectivity index (χ0n) is 18.2. The summed E-state index contributed by atoms with van der Waals surface area (Å²) in [6, 6.07) is 5.73. The second kappa shape index (κ2) is 10.4. The number of nitrogens with zero attached hydrogens (tertiary/aromatic N) is 5. The maximum atomic E-state index is 12.5. The standard InChI is InChI=1S/C21H26N6O5/c1-4-31-19-7-6-16(8-20(19)32-5-2)12-26-13-17(9-22-26)24-21(28)15(3)11-25-14-18(10-23-25)27(29)30/h6-10,13-15H,4-5,11-12H2,1-3H3,(H,24,28). The van der Waals surface area contributed by atoms with Crippen LogP contribution in [-0.2, 0) is 17.9 Å². The van der Waals surface area contributed by atoms with Gasteiger partial charge in [0.1, 0.15) is 12.4 Å². The summed E-state index contributed by atoms with van der Waals surface area (Å²) in [5, 5.41) is 21.8. The Balaban J connectivity index is 1.59. The van der Waals surface area contributed by atoms with Crippen LogP contribution in [0, 0.1) is 16.0 Å². The third kappa shape index (κ3) is 5.84. The van der Waals surface area contributed by atoms with E-state index in [-0.39, 0.29) is 18.1 Å². The molecule has 1 unspecified atom stereocenters. The molecule has 0 saturated heterocycles. The molecular formula is C21H26N6O5. The minimum absolute atomic E-state index is 0.110. The van der Waals surface area contributed by atoms with E-state index in [4.69, 9.17) is 9.47 Å². The Morgan fingerprint density at radius 1 is 1.12 bits per heavy atom. The second-order valence-corrected chi connectivity index (χ2v) is 7.14. The molecule has 11 nitrogen and oxygen atoms in total. The highest BCUT2D eigenvalue weighted by Crippen LogP contribution is 2.29. The number of amides is 1. The van der Waals surface area contributed by atoms with E-state index < -0.39 is 10.8 Å². The summed E-state index contributed by atoms with van der Waals surface area (Å²) in [4.78, 5) is 22.7. The van der Waals surface area contributed by atoms with Gasteiger partial charge < -0.3 is 14.8 Å². The molecule has 0 aliphatic rings. The molecule has 0 bridgehead atoms. The van der Waals surface area contributed by atoms with Gasteiger partial charge in [0.2, 0.25) is 5.91 Å². The maximum Gasteiger partial charge on any atom is 0.306 e. The predicted molar refractivity (Wildman–Crippen MR) is 117 cm³/mol. The zero-order chi connectivity index (χ0) is 23.1. The van der Waals surface area contributed by atoms with Gasteiger partial charge in [-0.3, -0.25) is 24.3 Å². The molecule has 170 valence electrons. The molecule has 0 radical (unpaired) electrons. The van der Waals surface area contributed by atoms with E-state index >= 15 is 0 Å². The fraction of sp³-hybridized carbons (Fsp3) is 0.381. The summed E-state index contributed by atoms with van der Waals surface area (Å²) in [5.41, 5.74) is 1.43. The summed E-state index contributed by atoms with van der Waals surface area (Å²) in [5.74, 6) is 0.698. The van der Waals surface area contributed by atoms with Crippen LogP contribution < -0.4 is 14.8 Å². The molecule has 1 atom stereocenters. The van der Waals surface area contributed by atoms with Gasteiger partial charge >= 0.3 is 5.69 Å². The van der Waals surface area contributed by atoms with Crippen molar-refractivity contribution in [2.24, 2.45) is 5.92 Å². The molecule has 11 heteroatoms. The van der Waals surface area contributed by atoms with Crippen molar-refractivity contribution >= 4 is 17.3 Å². The molecule has 3 aromatic rings. The van der Waals surface area contributed by atoms with Crippen molar-refractivity contribution in [2.45, 2.75) is 33.9 Å². The Morgan fingerprint density at radius 3 is 2.53 bits per heavy atom. The number of anilines is 1. The van der Waals surface area contributed by atoms with E-state index in [0.29, 0.717) is 36.9 Å². The third-order valence-electron chi connectivity index (χ3n) is 4.59. The Morgan fingerprint density at radius 2 is 1.84 bits per heavy atom. The fourth-order valence-electron chi connectivity index (χ4n) is 3.07. The van der Waals surface area contributed by atoms with Crippen LogP contribution in [0.5, 0.6) is 11.5 Å². The number of aromatic nitrogens is 4. The molecule has 0 spiro atoms. The van der Waals surface area contributed by atoms with Crippen LogP contribution in [-0.4, -0.2) is 43.6 Å². The summed E-state index contributed by atoms with van der Waals surface area (Å²) in [6.07, 6.45) is 5.77. The number of benzene rings is 1. The minimum atomic E-state index is -0.523. The molecule has 0 saturated carbocycles. The summed E-state index contributed by atoms with van der Waals surface area (Å²) < 4.78 is 14.3. The Labute approximate surface area is 185 Å². The van der Waals surface area contributed by atoms with Gasteiger partial charge in [-0.2, -0.15) is 10.2 Å². The maximum absolute atomic E-state index is 12.5. The van der Waals surface area contributed by atoms with Crippen molar-refractivity contribution in [2.75, 3.05) is 18.5 Å². The van der Waals surface area contributed by atoms with Gasteiger partial charge in [-0.05, 0) is 31.5 Å². The van der Waals surface area contributed by atoms with Crippen molar-refractivity contribution in [3.8, 4) is 11.5 Å². The van der Waals surface area contributed by atoms with Crippen LogP contribution in [0.4, 0.5) is 11.4 Å². The first-order valence-corrected chi connectivity index (χ1v) is 10.3. The van der Waals surface area contributed by atoms with Crippen molar-refractivity contribution in [3.63, 3.8) is 0 Å². The smallest absolute Gasteiger partial charge is 0.306 e. The van der Waals surface area contributed by atoms with Crippen LogP contribution in [0.2, 0.25) is 0 Å². The van der Waals surface area contributed by atoms with E-state index in [1.165, 1.54) is 10.9 Å². The van der Waals surface area contributed by atoms with Crippen molar-refractivity contribution in [3.05, 3.63) is 58.7 Å². The second-order valence-electron chi connectivity index (χ2n) is 7.14. The third-order valence-corrected chi connectivity index (χ3v) is 4.59. The SMILES string of the molecule is CCOc1ccc(Cn2cc(NC(=O)C(C)Cn3cc([N+](=O)[O-])cn3)cn2)cc1OCC. The van der Waals surface area contributed by atoms with E-state index in [1.807, 2.05) is 32.0 Å². The molecular weight excluding hydrogens is 416 g/mol. The van der Waals surface area contributed by atoms with E-state index in [9.17, 15) is 14.9 Å². The van der Waals surface area contributed by atoms with Gasteiger partial charge in [0.25, 0.3) is 0 Å². The Bertz CT molecular complexity index is 1080. The fourth-order valence-corrected chi connectivity index (χ4v) is 3.07. The van der Waals surface area contributed by atoms with Crippen LogP contribution in [0.15, 0.2) is 43.0 Å². The first kappa shape index (κ1) is 22.8. The van der Waals surface area contributed by atoms with Crippen LogP contribution in [0.1, 0.15) is 26.3 Å². The highest BCUT2D eigenvalue weighted by atomic mass is 16.6. The normalized spacial score (nSPS) is 11.7. The van der Waals surface area contributed by atoms with Gasteiger partial charge in [0.15, 0.2) is 11.5 Å². The van der Waals surface area contributed by atoms with E-state index in [2.05, 4.69) is 15.5 Å². The Kier molecular flexibility index (Phi) is 7.42. The molecule has 1 N–H and O–H groups in total. The van der Waals surface area contributed by atoms with Crippen LogP contribution in [0.3, 0.4) is 0 Å². The molecule has 0 aliphatic carbocycles. The first-order chi connectivity index (χ1) is 15.4. The quantitative estimate of drug-likeness (QED) is 0.357. The number of rotatable bonds is 11. The molecule has 1 amide bonds. The largest absolute Gasteiger partial charge is 0.490 e. The van der Waals surface area contributed by atoms with Crippen molar-refractivity contribution < 1.29 is 19.2 Å². The number of ether oxygens (including phenoxy) is 2. The topological polar surface area (TPSA) is 126 Å². The number of carbonyl (C=O) groups is 1. The minimum Gasteiger partial charge on any atom is -0.490 e. The van der Waals surface area contributed by atoms with E-state index in [0.717, 1.165) is 11.8 Å². The molecule has 0 fully saturated rings. The molecule has 3 rings (SSSR count).